The SMILES string of the molecule is Cc1ccc(CC(=O)Nc2ccc(N(C)C)cc2)cc1. The van der Waals surface area contributed by atoms with Crippen LogP contribution in [0, 0.1) is 6.92 Å². The third-order valence-electron chi connectivity index (χ3n) is 3.15. The second kappa shape index (κ2) is 6.24. The van der Waals surface area contributed by atoms with Crippen molar-refractivity contribution in [3.63, 3.8) is 0 Å². The van der Waals surface area contributed by atoms with E-state index in [4.69, 9.17) is 0 Å². The average Bonchev–Trinajstić information content (AvgIpc) is 2.42. The van der Waals surface area contributed by atoms with Crippen molar-refractivity contribution in [2.75, 3.05) is 24.3 Å². The first-order valence-corrected chi connectivity index (χ1v) is 6.67. The van der Waals surface area contributed by atoms with Gasteiger partial charge in [-0.3, -0.25) is 4.79 Å². The van der Waals surface area contributed by atoms with Gasteiger partial charge in [-0.2, -0.15) is 0 Å². The van der Waals surface area contributed by atoms with Gasteiger partial charge >= 0.3 is 0 Å². The molecule has 0 aliphatic carbocycles. The Balaban J connectivity index is 1.95. The number of amides is 1. The molecule has 0 saturated carbocycles. The summed E-state index contributed by atoms with van der Waals surface area (Å²) in [5.74, 6) is 0.00598. The molecule has 3 nitrogen and oxygen atoms in total. The molecule has 0 radical (unpaired) electrons. The Morgan fingerprint density at radius 1 is 1.00 bits per heavy atom. The standard InChI is InChI=1S/C17H20N2O/c1-13-4-6-14(7-5-13)12-17(20)18-15-8-10-16(11-9-15)19(2)3/h4-11H,12H2,1-3H3,(H,18,20). The highest BCUT2D eigenvalue weighted by atomic mass is 16.1. The third kappa shape index (κ3) is 3.85. The highest BCUT2D eigenvalue weighted by molar-refractivity contribution is 5.92. The van der Waals surface area contributed by atoms with E-state index in [1.807, 2.05) is 74.4 Å². The molecule has 0 aromatic heterocycles. The molecule has 1 amide bonds. The summed E-state index contributed by atoms with van der Waals surface area (Å²) in [5, 5.41) is 2.91. The zero-order valence-electron chi connectivity index (χ0n) is 12.2. The van der Waals surface area contributed by atoms with Gasteiger partial charge in [-0.1, -0.05) is 29.8 Å². The molecule has 2 aromatic rings. The van der Waals surface area contributed by atoms with Crippen LogP contribution in [-0.2, 0) is 11.2 Å². The van der Waals surface area contributed by atoms with Crippen LogP contribution in [-0.4, -0.2) is 20.0 Å². The minimum Gasteiger partial charge on any atom is -0.378 e. The molecular weight excluding hydrogens is 248 g/mol. The van der Waals surface area contributed by atoms with Crippen LogP contribution in [0.2, 0.25) is 0 Å². The van der Waals surface area contributed by atoms with Crippen LogP contribution in [0.4, 0.5) is 11.4 Å². The summed E-state index contributed by atoms with van der Waals surface area (Å²) in [4.78, 5) is 14.0. The summed E-state index contributed by atoms with van der Waals surface area (Å²) in [5.41, 5.74) is 4.17. The lowest BCUT2D eigenvalue weighted by Crippen LogP contribution is -2.14. The van der Waals surface area contributed by atoms with Crippen molar-refractivity contribution in [3.8, 4) is 0 Å². The summed E-state index contributed by atoms with van der Waals surface area (Å²) < 4.78 is 0. The zero-order chi connectivity index (χ0) is 14.5. The minimum atomic E-state index is 0.00598. The first kappa shape index (κ1) is 14.1. The quantitative estimate of drug-likeness (QED) is 0.923. The summed E-state index contributed by atoms with van der Waals surface area (Å²) in [7, 11) is 3.98. The maximum atomic E-state index is 12.0. The number of anilines is 2. The van der Waals surface area contributed by atoms with E-state index in [0.29, 0.717) is 6.42 Å². The van der Waals surface area contributed by atoms with Crippen LogP contribution >= 0.6 is 0 Å². The molecule has 0 bridgehead atoms. The van der Waals surface area contributed by atoms with Crippen molar-refractivity contribution >= 4 is 17.3 Å². The summed E-state index contributed by atoms with van der Waals surface area (Å²) in [6, 6.07) is 15.8. The smallest absolute Gasteiger partial charge is 0.228 e. The first-order chi connectivity index (χ1) is 9.54. The van der Waals surface area contributed by atoms with E-state index in [-0.39, 0.29) is 5.91 Å². The predicted molar refractivity (Wildman–Crippen MR) is 84.3 cm³/mol. The van der Waals surface area contributed by atoms with Gasteiger partial charge in [0.1, 0.15) is 0 Å². The molecule has 1 N–H and O–H groups in total. The topological polar surface area (TPSA) is 32.3 Å². The Labute approximate surface area is 120 Å². The van der Waals surface area contributed by atoms with Gasteiger partial charge in [0.05, 0.1) is 6.42 Å². The predicted octanol–water partition coefficient (Wildman–Crippen LogP) is 3.24. The molecule has 104 valence electrons. The van der Waals surface area contributed by atoms with Gasteiger partial charge in [-0.05, 0) is 36.8 Å². The average molecular weight is 268 g/mol. The van der Waals surface area contributed by atoms with Gasteiger partial charge in [-0.25, -0.2) is 0 Å². The van der Waals surface area contributed by atoms with E-state index in [0.717, 1.165) is 16.9 Å². The number of nitrogens with zero attached hydrogens (tertiary/aromatic N) is 1. The van der Waals surface area contributed by atoms with E-state index in [1.54, 1.807) is 0 Å². The molecule has 0 fully saturated rings. The fourth-order valence-corrected chi connectivity index (χ4v) is 1.94. The monoisotopic (exact) mass is 268 g/mol. The molecule has 0 atom stereocenters. The van der Waals surface area contributed by atoms with Crippen LogP contribution in [0.25, 0.3) is 0 Å². The summed E-state index contributed by atoms with van der Waals surface area (Å²) in [6.45, 7) is 2.04. The number of nitrogens with one attached hydrogen (secondary N) is 1. The van der Waals surface area contributed by atoms with E-state index >= 15 is 0 Å². The van der Waals surface area contributed by atoms with E-state index in [9.17, 15) is 4.79 Å². The largest absolute Gasteiger partial charge is 0.378 e. The van der Waals surface area contributed by atoms with Crippen LogP contribution in [0.3, 0.4) is 0 Å². The van der Waals surface area contributed by atoms with Gasteiger partial charge < -0.3 is 10.2 Å². The highest BCUT2D eigenvalue weighted by Gasteiger charge is 2.04. The van der Waals surface area contributed by atoms with Crippen LogP contribution in [0.15, 0.2) is 48.5 Å². The Kier molecular flexibility index (Phi) is 4.41. The number of carbonyl (C=O) groups excluding carboxylic acids is 1. The van der Waals surface area contributed by atoms with Crippen molar-refractivity contribution < 1.29 is 4.79 Å². The normalized spacial score (nSPS) is 10.2. The van der Waals surface area contributed by atoms with E-state index < -0.39 is 0 Å². The van der Waals surface area contributed by atoms with Crippen molar-refractivity contribution in [2.45, 2.75) is 13.3 Å². The molecule has 0 aliphatic rings. The molecule has 0 unspecified atom stereocenters. The molecule has 2 rings (SSSR count). The maximum absolute atomic E-state index is 12.0. The van der Waals surface area contributed by atoms with Crippen molar-refractivity contribution in [2.24, 2.45) is 0 Å². The molecule has 0 spiro atoms. The minimum absolute atomic E-state index is 0.00598. The lowest BCUT2D eigenvalue weighted by molar-refractivity contribution is -0.115. The fourth-order valence-electron chi connectivity index (χ4n) is 1.94. The Bertz CT molecular complexity index is 571. The number of rotatable bonds is 4. The van der Waals surface area contributed by atoms with Gasteiger partial charge in [-0.15, -0.1) is 0 Å². The lowest BCUT2D eigenvalue weighted by atomic mass is 10.1. The van der Waals surface area contributed by atoms with Crippen molar-refractivity contribution in [1.82, 2.24) is 0 Å². The van der Waals surface area contributed by atoms with Crippen molar-refractivity contribution in [3.05, 3.63) is 59.7 Å². The van der Waals surface area contributed by atoms with Gasteiger partial charge in [0.25, 0.3) is 0 Å². The van der Waals surface area contributed by atoms with Gasteiger partial charge in [0.2, 0.25) is 5.91 Å². The zero-order valence-corrected chi connectivity index (χ0v) is 12.2. The maximum Gasteiger partial charge on any atom is 0.228 e. The lowest BCUT2D eigenvalue weighted by Gasteiger charge is -2.13. The number of hydrogen-bond acceptors (Lipinski definition) is 2. The number of aryl methyl sites for hydroxylation is 1. The molecule has 3 heteroatoms. The van der Waals surface area contributed by atoms with E-state index in [2.05, 4.69) is 5.32 Å². The molecule has 20 heavy (non-hydrogen) atoms. The Hall–Kier alpha value is -2.29. The number of benzene rings is 2. The van der Waals surface area contributed by atoms with E-state index in [1.165, 1.54) is 5.56 Å². The summed E-state index contributed by atoms with van der Waals surface area (Å²) in [6.07, 6.45) is 0.399. The molecule has 0 heterocycles. The molecule has 0 aliphatic heterocycles. The number of hydrogen-bond donors (Lipinski definition) is 1. The second-order valence-electron chi connectivity index (χ2n) is 5.15. The number of carbonyl (C=O) groups is 1. The van der Waals surface area contributed by atoms with Crippen molar-refractivity contribution in [1.29, 1.82) is 0 Å². The fraction of sp³-hybridized carbons (Fsp3) is 0.235. The summed E-state index contributed by atoms with van der Waals surface area (Å²) >= 11 is 0. The van der Waals surface area contributed by atoms with Crippen LogP contribution in [0.1, 0.15) is 11.1 Å². The molecule has 0 saturated heterocycles. The first-order valence-electron chi connectivity index (χ1n) is 6.67. The van der Waals surface area contributed by atoms with Gasteiger partial charge in [0.15, 0.2) is 0 Å². The highest BCUT2D eigenvalue weighted by Crippen LogP contribution is 2.16. The Morgan fingerprint density at radius 3 is 2.15 bits per heavy atom. The molecular formula is C17H20N2O. The van der Waals surface area contributed by atoms with Crippen LogP contribution < -0.4 is 10.2 Å². The second-order valence-corrected chi connectivity index (χ2v) is 5.15. The Morgan fingerprint density at radius 2 is 1.60 bits per heavy atom. The third-order valence-corrected chi connectivity index (χ3v) is 3.15. The van der Waals surface area contributed by atoms with Gasteiger partial charge in [0, 0.05) is 25.5 Å². The molecule has 2 aromatic carbocycles. The van der Waals surface area contributed by atoms with Crippen LogP contribution in [0.5, 0.6) is 0 Å².